The molecule has 1 aromatic carbocycles. The number of benzene rings is 1. The third-order valence-electron chi connectivity index (χ3n) is 3.20. The highest BCUT2D eigenvalue weighted by atomic mass is 32.1. The van der Waals surface area contributed by atoms with E-state index in [9.17, 15) is 14.4 Å². The van der Waals surface area contributed by atoms with Crippen molar-refractivity contribution in [2.45, 2.75) is 13.8 Å². The number of aryl methyl sites for hydroxylation is 1. The molecule has 2 aromatic rings. The Balaban J connectivity index is 1.81. The zero-order chi connectivity index (χ0) is 18.2. The molecule has 6 nitrogen and oxygen atoms in total. The molecule has 0 atom stereocenters. The van der Waals surface area contributed by atoms with E-state index in [0.29, 0.717) is 22.8 Å². The van der Waals surface area contributed by atoms with Crippen molar-refractivity contribution in [1.29, 1.82) is 0 Å². The SMILES string of the molecule is CCOc1ccccc1C(=O)NCC(=O)OCC(=O)c1ccc(C)s1. The van der Waals surface area contributed by atoms with Crippen molar-refractivity contribution >= 4 is 29.0 Å². The Hall–Kier alpha value is -2.67. The van der Waals surface area contributed by atoms with Gasteiger partial charge in [0.25, 0.3) is 5.91 Å². The molecule has 0 aliphatic heterocycles. The minimum absolute atomic E-state index is 0.264. The van der Waals surface area contributed by atoms with E-state index in [1.807, 2.05) is 19.9 Å². The van der Waals surface area contributed by atoms with Gasteiger partial charge in [-0.15, -0.1) is 11.3 Å². The molecule has 0 aliphatic carbocycles. The number of amides is 1. The third-order valence-corrected chi connectivity index (χ3v) is 4.25. The quantitative estimate of drug-likeness (QED) is 0.577. The Labute approximate surface area is 149 Å². The summed E-state index contributed by atoms with van der Waals surface area (Å²) in [5.74, 6) is -0.941. The highest BCUT2D eigenvalue weighted by Gasteiger charge is 2.15. The Morgan fingerprint density at radius 2 is 1.88 bits per heavy atom. The van der Waals surface area contributed by atoms with Gasteiger partial charge >= 0.3 is 5.97 Å². The smallest absolute Gasteiger partial charge is 0.325 e. The van der Waals surface area contributed by atoms with Gasteiger partial charge in [0, 0.05) is 4.88 Å². The van der Waals surface area contributed by atoms with Crippen molar-refractivity contribution in [1.82, 2.24) is 5.32 Å². The molecule has 1 heterocycles. The van der Waals surface area contributed by atoms with Gasteiger partial charge in [0.15, 0.2) is 6.61 Å². The van der Waals surface area contributed by atoms with E-state index < -0.39 is 11.9 Å². The van der Waals surface area contributed by atoms with E-state index in [-0.39, 0.29) is 18.9 Å². The molecular weight excluding hydrogens is 342 g/mol. The summed E-state index contributed by atoms with van der Waals surface area (Å²) in [5, 5.41) is 2.46. The summed E-state index contributed by atoms with van der Waals surface area (Å²) in [5.41, 5.74) is 0.335. The van der Waals surface area contributed by atoms with Gasteiger partial charge in [0.05, 0.1) is 17.0 Å². The molecule has 0 bridgehead atoms. The van der Waals surface area contributed by atoms with Crippen LogP contribution in [0.15, 0.2) is 36.4 Å². The Morgan fingerprint density at radius 3 is 2.56 bits per heavy atom. The fourth-order valence-corrected chi connectivity index (χ4v) is 2.83. The zero-order valence-corrected chi connectivity index (χ0v) is 14.9. The van der Waals surface area contributed by atoms with Crippen LogP contribution in [0.5, 0.6) is 5.75 Å². The second-order valence-corrected chi connectivity index (χ2v) is 6.39. The highest BCUT2D eigenvalue weighted by Crippen LogP contribution is 2.17. The first kappa shape index (κ1) is 18.7. The number of thiophene rings is 1. The number of Topliss-reactive ketones (excluding diaryl/α,β-unsaturated/α-hetero) is 1. The maximum atomic E-state index is 12.1. The van der Waals surface area contributed by atoms with Gasteiger partial charge in [-0.25, -0.2) is 0 Å². The van der Waals surface area contributed by atoms with Crippen LogP contribution in [0, 0.1) is 6.92 Å². The maximum absolute atomic E-state index is 12.1. The van der Waals surface area contributed by atoms with E-state index in [2.05, 4.69) is 5.32 Å². The average Bonchev–Trinajstić information content (AvgIpc) is 3.05. The van der Waals surface area contributed by atoms with Crippen molar-refractivity contribution in [2.75, 3.05) is 19.8 Å². The number of para-hydroxylation sites is 1. The van der Waals surface area contributed by atoms with Gasteiger partial charge < -0.3 is 14.8 Å². The molecular formula is C18H19NO5S. The van der Waals surface area contributed by atoms with Gasteiger partial charge in [0.2, 0.25) is 5.78 Å². The van der Waals surface area contributed by atoms with Gasteiger partial charge in [-0.05, 0) is 38.1 Å². The third kappa shape index (κ3) is 5.42. The van der Waals surface area contributed by atoms with Crippen LogP contribution in [0.1, 0.15) is 31.8 Å². The van der Waals surface area contributed by atoms with Crippen LogP contribution in [0.25, 0.3) is 0 Å². The number of carbonyl (C=O) groups is 3. The Morgan fingerprint density at radius 1 is 1.12 bits per heavy atom. The molecule has 7 heteroatoms. The molecule has 0 radical (unpaired) electrons. The summed E-state index contributed by atoms with van der Waals surface area (Å²) in [6, 6.07) is 10.3. The number of carbonyl (C=O) groups excluding carboxylic acids is 3. The van der Waals surface area contributed by atoms with Crippen LogP contribution in [0.2, 0.25) is 0 Å². The lowest BCUT2D eigenvalue weighted by atomic mass is 10.2. The minimum Gasteiger partial charge on any atom is -0.493 e. The summed E-state index contributed by atoms with van der Waals surface area (Å²) in [6.45, 7) is 3.47. The average molecular weight is 361 g/mol. The Bertz CT molecular complexity index is 768. The first-order valence-corrected chi connectivity index (χ1v) is 8.58. The molecule has 2 rings (SSSR count). The van der Waals surface area contributed by atoms with E-state index in [4.69, 9.17) is 9.47 Å². The fourth-order valence-electron chi connectivity index (χ4n) is 2.04. The topological polar surface area (TPSA) is 81.7 Å². The maximum Gasteiger partial charge on any atom is 0.325 e. The van der Waals surface area contributed by atoms with E-state index in [1.54, 1.807) is 30.3 Å². The predicted molar refractivity (Wildman–Crippen MR) is 94.3 cm³/mol. The molecule has 0 saturated carbocycles. The van der Waals surface area contributed by atoms with E-state index >= 15 is 0 Å². The molecule has 0 saturated heterocycles. The van der Waals surface area contributed by atoms with Crippen LogP contribution < -0.4 is 10.1 Å². The number of esters is 1. The molecule has 132 valence electrons. The number of hydrogen-bond donors (Lipinski definition) is 1. The molecule has 1 aromatic heterocycles. The standard InChI is InChI=1S/C18H19NO5S/c1-3-23-15-7-5-4-6-13(15)18(22)19-10-17(21)24-11-14(20)16-9-8-12(2)25-16/h4-9H,3,10-11H2,1-2H3,(H,19,22). The lowest BCUT2D eigenvalue weighted by Crippen LogP contribution is -2.31. The lowest BCUT2D eigenvalue weighted by molar-refractivity contribution is -0.141. The molecule has 0 spiro atoms. The summed E-state index contributed by atoms with van der Waals surface area (Å²) in [6.07, 6.45) is 0. The first-order chi connectivity index (χ1) is 12.0. The van der Waals surface area contributed by atoms with Gasteiger partial charge in [-0.3, -0.25) is 14.4 Å². The van der Waals surface area contributed by atoms with Gasteiger partial charge in [-0.1, -0.05) is 12.1 Å². The molecule has 25 heavy (non-hydrogen) atoms. The van der Waals surface area contributed by atoms with E-state index in [0.717, 1.165) is 4.88 Å². The monoisotopic (exact) mass is 361 g/mol. The summed E-state index contributed by atoms with van der Waals surface area (Å²) in [4.78, 5) is 37.3. The first-order valence-electron chi connectivity index (χ1n) is 7.76. The summed E-state index contributed by atoms with van der Waals surface area (Å²) >= 11 is 1.34. The second-order valence-electron chi connectivity index (χ2n) is 5.11. The van der Waals surface area contributed by atoms with Crippen LogP contribution in [0.4, 0.5) is 0 Å². The van der Waals surface area contributed by atoms with Crippen LogP contribution in [-0.2, 0) is 9.53 Å². The molecule has 0 aliphatic rings. The largest absolute Gasteiger partial charge is 0.493 e. The molecule has 0 unspecified atom stereocenters. The highest BCUT2D eigenvalue weighted by molar-refractivity contribution is 7.14. The number of nitrogens with one attached hydrogen (secondary N) is 1. The molecule has 0 fully saturated rings. The van der Waals surface area contributed by atoms with Crippen molar-refractivity contribution in [3.05, 3.63) is 51.7 Å². The number of ether oxygens (including phenoxy) is 2. The zero-order valence-electron chi connectivity index (χ0n) is 14.0. The summed E-state index contributed by atoms with van der Waals surface area (Å²) < 4.78 is 10.3. The van der Waals surface area contributed by atoms with Crippen LogP contribution in [-0.4, -0.2) is 37.4 Å². The number of ketones is 1. The van der Waals surface area contributed by atoms with Crippen molar-refractivity contribution < 1.29 is 23.9 Å². The van der Waals surface area contributed by atoms with Crippen molar-refractivity contribution in [2.24, 2.45) is 0 Å². The normalized spacial score (nSPS) is 10.2. The van der Waals surface area contributed by atoms with Crippen LogP contribution in [0.3, 0.4) is 0 Å². The lowest BCUT2D eigenvalue weighted by Gasteiger charge is -2.10. The Kier molecular flexibility index (Phi) is 6.71. The minimum atomic E-state index is -0.677. The van der Waals surface area contributed by atoms with Crippen molar-refractivity contribution in [3.63, 3.8) is 0 Å². The molecule has 1 amide bonds. The van der Waals surface area contributed by atoms with Gasteiger partial charge in [0.1, 0.15) is 12.3 Å². The van der Waals surface area contributed by atoms with Crippen LogP contribution >= 0.6 is 11.3 Å². The summed E-state index contributed by atoms with van der Waals surface area (Å²) in [7, 11) is 0. The number of rotatable bonds is 8. The van der Waals surface area contributed by atoms with E-state index in [1.165, 1.54) is 11.3 Å². The van der Waals surface area contributed by atoms with Gasteiger partial charge in [-0.2, -0.15) is 0 Å². The second kappa shape index (κ2) is 8.98. The predicted octanol–water partition coefficient (Wildman–Crippen LogP) is 2.61. The number of hydrogen-bond acceptors (Lipinski definition) is 6. The molecule has 1 N–H and O–H groups in total. The van der Waals surface area contributed by atoms with Crippen molar-refractivity contribution in [3.8, 4) is 5.75 Å². The fraction of sp³-hybridized carbons (Fsp3) is 0.278.